The summed E-state index contributed by atoms with van der Waals surface area (Å²) < 4.78 is 0. The minimum Gasteiger partial charge on any atom is -0.504 e. The summed E-state index contributed by atoms with van der Waals surface area (Å²) in [7, 11) is 0. The molecule has 2 aromatic heterocycles. The molecule has 0 atom stereocenters. The molecule has 3 nitrogen and oxygen atoms in total. The molecule has 0 aliphatic rings. The number of aromatic nitrogens is 2. The number of fused-ring (bicyclic) bond motifs is 1. The SMILES string of the molecule is Cc1c[nH]c2c(O)cncc12. The summed E-state index contributed by atoms with van der Waals surface area (Å²) in [5, 5.41) is 10.3. The standard InChI is InChI=1S/C8H8N2O/c1-5-2-10-8-6(5)3-9-4-7(8)11/h2-4,10-11H,1H3. The van der Waals surface area contributed by atoms with Gasteiger partial charge in [0.15, 0.2) is 5.75 Å². The lowest BCUT2D eigenvalue weighted by molar-refractivity contribution is 0.478. The molecule has 2 N–H and O–H groups in total. The first-order chi connectivity index (χ1) is 5.29. The number of nitrogens with one attached hydrogen (secondary N) is 1. The molecule has 3 heteroatoms. The lowest BCUT2D eigenvalue weighted by Crippen LogP contribution is -1.73. The van der Waals surface area contributed by atoms with Gasteiger partial charge in [-0.3, -0.25) is 4.98 Å². The van der Waals surface area contributed by atoms with Crippen LogP contribution >= 0.6 is 0 Å². The van der Waals surface area contributed by atoms with Crippen LogP contribution in [0.4, 0.5) is 0 Å². The fourth-order valence-electron chi connectivity index (χ4n) is 1.16. The zero-order chi connectivity index (χ0) is 7.84. The fraction of sp³-hybridized carbons (Fsp3) is 0.125. The maximum Gasteiger partial charge on any atom is 0.158 e. The van der Waals surface area contributed by atoms with Gasteiger partial charge < -0.3 is 10.1 Å². The molecule has 0 saturated carbocycles. The molecule has 0 saturated heterocycles. The molecular formula is C8H8N2O. The highest BCUT2D eigenvalue weighted by atomic mass is 16.3. The van der Waals surface area contributed by atoms with Gasteiger partial charge in [-0.05, 0) is 12.5 Å². The van der Waals surface area contributed by atoms with Gasteiger partial charge in [0.25, 0.3) is 0 Å². The predicted molar refractivity (Wildman–Crippen MR) is 42.5 cm³/mol. The Hall–Kier alpha value is -1.51. The third-order valence-electron chi connectivity index (χ3n) is 1.78. The Balaban J connectivity index is 2.94. The van der Waals surface area contributed by atoms with Crippen molar-refractivity contribution in [2.24, 2.45) is 0 Å². The van der Waals surface area contributed by atoms with E-state index >= 15 is 0 Å². The summed E-state index contributed by atoms with van der Waals surface area (Å²) in [5.74, 6) is 0.204. The maximum absolute atomic E-state index is 9.29. The number of hydrogen-bond acceptors (Lipinski definition) is 2. The Kier molecular flexibility index (Phi) is 1.12. The quantitative estimate of drug-likeness (QED) is 0.595. The lowest BCUT2D eigenvalue weighted by atomic mass is 10.2. The van der Waals surface area contributed by atoms with Gasteiger partial charge in [-0.25, -0.2) is 0 Å². The molecule has 0 spiro atoms. The Morgan fingerprint density at radius 1 is 1.45 bits per heavy atom. The van der Waals surface area contributed by atoms with E-state index in [4.69, 9.17) is 0 Å². The molecule has 0 radical (unpaired) electrons. The molecule has 0 aromatic carbocycles. The summed E-state index contributed by atoms with van der Waals surface area (Å²) in [5.41, 5.74) is 1.86. The van der Waals surface area contributed by atoms with E-state index in [9.17, 15) is 5.11 Å². The molecule has 11 heavy (non-hydrogen) atoms. The van der Waals surface area contributed by atoms with E-state index in [1.807, 2.05) is 13.1 Å². The minimum atomic E-state index is 0.204. The first-order valence-corrected chi connectivity index (χ1v) is 3.39. The highest BCUT2D eigenvalue weighted by Crippen LogP contribution is 2.23. The summed E-state index contributed by atoms with van der Waals surface area (Å²) in [6.07, 6.45) is 5.02. The van der Waals surface area contributed by atoms with Crippen molar-refractivity contribution >= 4 is 10.9 Å². The maximum atomic E-state index is 9.29. The van der Waals surface area contributed by atoms with Gasteiger partial charge in [0, 0.05) is 17.8 Å². The second kappa shape index (κ2) is 1.99. The second-order valence-electron chi connectivity index (χ2n) is 2.55. The third-order valence-corrected chi connectivity index (χ3v) is 1.78. The first kappa shape index (κ1) is 6.22. The third kappa shape index (κ3) is 0.774. The summed E-state index contributed by atoms with van der Waals surface area (Å²) in [6.45, 7) is 1.97. The van der Waals surface area contributed by atoms with Crippen molar-refractivity contribution in [1.82, 2.24) is 9.97 Å². The van der Waals surface area contributed by atoms with Crippen molar-refractivity contribution < 1.29 is 5.11 Å². The molecule has 0 aliphatic carbocycles. The van der Waals surface area contributed by atoms with Crippen molar-refractivity contribution in [2.45, 2.75) is 6.92 Å². The lowest BCUT2D eigenvalue weighted by Gasteiger charge is -1.92. The highest BCUT2D eigenvalue weighted by Gasteiger charge is 2.02. The van der Waals surface area contributed by atoms with Crippen LogP contribution in [0.15, 0.2) is 18.6 Å². The number of pyridine rings is 1. The molecule has 56 valence electrons. The zero-order valence-corrected chi connectivity index (χ0v) is 6.13. The van der Waals surface area contributed by atoms with Gasteiger partial charge in [-0.1, -0.05) is 0 Å². The first-order valence-electron chi connectivity index (χ1n) is 3.39. The van der Waals surface area contributed by atoms with Crippen LogP contribution in [0.1, 0.15) is 5.56 Å². The molecule has 2 aromatic rings. The normalized spacial score (nSPS) is 10.6. The average molecular weight is 148 g/mol. The number of aromatic hydroxyl groups is 1. The van der Waals surface area contributed by atoms with Gasteiger partial charge in [-0.2, -0.15) is 0 Å². The monoisotopic (exact) mass is 148 g/mol. The van der Waals surface area contributed by atoms with Crippen LogP contribution in [0.3, 0.4) is 0 Å². The summed E-state index contributed by atoms with van der Waals surface area (Å²) >= 11 is 0. The van der Waals surface area contributed by atoms with Crippen molar-refractivity contribution in [1.29, 1.82) is 0 Å². The van der Waals surface area contributed by atoms with Gasteiger partial charge in [0.1, 0.15) is 0 Å². The Morgan fingerprint density at radius 2 is 2.27 bits per heavy atom. The van der Waals surface area contributed by atoms with Gasteiger partial charge >= 0.3 is 0 Å². The molecule has 0 unspecified atom stereocenters. The van der Waals surface area contributed by atoms with Crippen LogP contribution < -0.4 is 0 Å². The second-order valence-corrected chi connectivity index (χ2v) is 2.55. The van der Waals surface area contributed by atoms with E-state index in [2.05, 4.69) is 9.97 Å². The predicted octanol–water partition coefficient (Wildman–Crippen LogP) is 1.58. The van der Waals surface area contributed by atoms with Crippen molar-refractivity contribution in [3.63, 3.8) is 0 Å². The van der Waals surface area contributed by atoms with Crippen LogP contribution in [-0.2, 0) is 0 Å². The smallest absolute Gasteiger partial charge is 0.158 e. The van der Waals surface area contributed by atoms with Crippen LogP contribution in [-0.4, -0.2) is 15.1 Å². The number of hydrogen-bond donors (Lipinski definition) is 2. The van der Waals surface area contributed by atoms with Gasteiger partial charge in [0.2, 0.25) is 0 Å². The average Bonchev–Trinajstić information content (AvgIpc) is 2.35. The number of rotatable bonds is 0. The molecule has 0 bridgehead atoms. The number of aryl methyl sites for hydroxylation is 1. The van der Waals surface area contributed by atoms with E-state index in [0.29, 0.717) is 0 Å². The number of nitrogens with zero attached hydrogens (tertiary/aromatic N) is 1. The highest BCUT2D eigenvalue weighted by molar-refractivity contribution is 5.86. The van der Waals surface area contributed by atoms with E-state index in [0.717, 1.165) is 16.5 Å². The Labute approximate surface area is 63.7 Å². The summed E-state index contributed by atoms with van der Waals surface area (Å²) in [4.78, 5) is 6.84. The van der Waals surface area contributed by atoms with E-state index in [1.165, 1.54) is 6.20 Å². The topological polar surface area (TPSA) is 48.9 Å². The van der Waals surface area contributed by atoms with Crippen molar-refractivity contribution in [2.75, 3.05) is 0 Å². The van der Waals surface area contributed by atoms with Crippen LogP contribution in [0, 0.1) is 6.92 Å². The largest absolute Gasteiger partial charge is 0.504 e. The van der Waals surface area contributed by atoms with Gasteiger partial charge in [0.05, 0.1) is 11.7 Å². The van der Waals surface area contributed by atoms with Crippen LogP contribution in [0.25, 0.3) is 10.9 Å². The van der Waals surface area contributed by atoms with Crippen molar-refractivity contribution in [3.8, 4) is 5.75 Å². The molecule has 2 heterocycles. The van der Waals surface area contributed by atoms with E-state index in [-0.39, 0.29) is 5.75 Å². The molecule has 0 aliphatic heterocycles. The van der Waals surface area contributed by atoms with Crippen LogP contribution in [0.2, 0.25) is 0 Å². The zero-order valence-electron chi connectivity index (χ0n) is 6.13. The summed E-state index contributed by atoms with van der Waals surface area (Å²) in [6, 6.07) is 0. The van der Waals surface area contributed by atoms with Gasteiger partial charge in [-0.15, -0.1) is 0 Å². The number of aromatic amines is 1. The van der Waals surface area contributed by atoms with E-state index in [1.54, 1.807) is 6.20 Å². The minimum absolute atomic E-state index is 0.204. The number of H-pyrrole nitrogens is 1. The Bertz CT molecular complexity index is 392. The molecular weight excluding hydrogens is 140 g/mol. The van der Waals surface area contributed by atoms with E-state index < -0.39 is 0 Å². The van der Waals surface area contributed by atoms with Crippen molar-refractivity contribution in [3.05, 3.63) is 24.2 Å². The van der Waals surface area contributed by atoms with Crippen LogP contribution in [0.5, 0.6) is 5.75 Å². The molecule has 0 fully saturated rings. The fourth-order valence-corrected chi connectivity index (χ4v) is 1.16. The molecule has 0 amide bonds. The Morgan fingerprint density at radius 3 is 3.00 bits per heavy atom. The molecule has 2 rings (SSSR count).